The van der Waals surface area contributed by atoms with E-state index in [2.05, 4.69) is 39.3 Å². The fraction of sp³-hybridized carbons (Fsp3) is 0.440. The maximum Gasteiger partial charge on any atom is 0.325 e. The van der Waals surface area contributed by atoms with E-state index in [1.54, 1.807) is 11.8 Å². The summed E-state index contributed by atoms with van der Waals surface area (Å²) in [6, 6.07) is 9.76. The van der Waals surface area contributed by atoms with Crippen molar-refractivity contribution < 1.29 is 14.4 Å². The number of carbonyl (C=O) groups excluding carboxylic acids is 3. The van der Waals surface area contributed by atoms with Gasteiger partial charge < -0.3 is 15.2 Å². The minimum atomic E-state index is -0.954. The molecule has 8 nitrogen and oxygen atoms in total. The Balaban J connectivity index is 1.49. The first-order chi connectivity index (χ1) is 16.0. The first-order valence-corrected chi connectivity index (χ1v) is 11.4. The largest absolute Gasteiger partial charge is 0.341 e. The number of imide groups is 1. The molecule has 2 fully saturated rings. The SMILES string of the molecule is CC#CCN1C(=O)N[C@@](CCCc2ccccc2)(C2CCN(C(=O)c3cnc[nH]3)CC2)C1=O. The summed E-state index contributed by atoms with van der Waals surface area (Å²) in [5, 5.41) is 3.05. The van der Waals surface area contributed by atoms with E-state index in [1.807, 2.05) is 18.2 Å². The van der Waals surface area contributed by atoms with Crippen LogP contribution in [0.5, 0.6) is 0 Å². The molecule has 3 heterocycles. The van der Waals surface area contributed by atoms with Crippen LogP contribution in [-0.4, -0.2) is 62.8 Å². The topological polar surface area (TPSA) is 98.4 Å². The molecule has 0 saturated carbocycles. The van der Waals surface area contributed by atoms with Crippen LogP contribution in [0.1, 0.15) is 48.7 Å². The Bertz CT molecular complexity index is 1050. The van der Waals surface area contributed by atoms with Crippen LogP contribution in [0.15, 0.2) is 42.9 Å². The number of aromatic nitrogens is 2. The number of likely N-dealkylation sites (tertiary alicyclic amines) is 1. The molecule has 0 unspecified atom stereocenters. The van der Waals surface area contributed by atoms with Crippen molar-refractivity contribution in [2.45, 2.75) is 44.6 Å². The molecule has 0 aliphatic carbocycles. The Morgan fingerprint density at radius 1 is 1.21 bits per heavy atom. The number of nitrogens with one attached hydrogen (secondary N) is 2. The van der Waals surface area contributed by atoms with Gasteiger partial charge in [0, 0.05) is 13.1 Å². The third kappa shape index (κ3) is 4.63. The third-order valence-corrected chi connectivity index (χ3v) is 6.70. The fourth-order valence-electron chi connectivity index (χ4n) is 4.93. The number of nitrogens with zero attached hydrogens (tertiary/aromatic N) is 3. The number of benzene rings is 1. The number of H-pyrrole nitrogens is 1. The highest BCUT2D eigenvalue weighted by Gasteiger charge is 2.55. The average molecular weight is 448 g/mol. The molecule has 8 heteroatoms. The molecule has 33 heavy (non-hydrogen) atoms. The maximum atomic E-state index is 13.6. The van der Waals surface area contributed by atoms with Gasteiger partial charge in [-0.2, -0.15) is 0 Å². The molecule has 0 radical (unpaired) electrons. The number of imidazole rings is 1. The minimum Gasteiger partial charge on any atom is -0.341 e. The average Bonchev–Trinajstić information content (AvgIpc) is 3.46. The predicted octanol–water partition coefficient (Wildman–Crippen LogP) is 2.60. The Kier molecular flexibility index (Phi) is 6.78. The summed E-state index contributed by atoms with van der Waals surface area (Å²) >= 11 is 0. The van der Waals surface area contributed by atoms with Gasteiger partial charge in [0.05, 0.1) is 19.1 Å². The van der Waals surface area contributed by atoms with Gasteiger partial charge in [0.15, 0.2) is 0 Å². The van der Waals surface area contributed by atoms with Crippen molar-refractivity contribution in [1.29, 1.82) is 0 Å². The molecule has 1 atom stereocenters. The smallest absolute Gasteiger partial charge is 0.325 e. The van der Waals surface area contributed by atoms with Gasteiger partial charge in [-0.25, -0.2) is 9.78 Å². The second kappa shape index (κ2) is 9.90. The van der Waals surface area contributed by atoms with Crippen molar-refractivity contribution in [2.24, 2.45) is 5.92 Å². The zero-order valence-electron chi connectivity index (χ0n) is 18.8. The van der Waals surface area contributed by atoms with Crippen molar-refractivity contribution >= 4 is 17.8 Å². The molecule has 2 aliphatic heterocycles. The van der Waals surface area contributed by atoms with Gasteiger partial charge in [-0.1, -0.05) is 36.3 Å². The Morgan fingerprint density at radius 3 is 2.64 bits per heavy atom. The number of rotatable bonds is 7. The lowest BCUT2D eigenvalue weighted by atomic mass is 9.74. The first-order valence-electron chi connectivity index (χ1n) is 11.4. The fourth-order valence-corrected chi connectivity index (χ4v) is 4.93. The van der Waals surface area contributed by atoms with E-state index in [0.29, 0.717) is 38.0 Å². The molecule has 4 amide bonds. The zero-order chi connectivity index (χ0) is 23.3. The van der Waals surface area contributed by atoms with Crippen molar-refractivity contribution in [1.82, 2.24) is 25.1 Å². The molecule has 2 saturated heterocycles. The van der Waals surface area contributed by atoms with Crippen LogP contribution in [0.3, 0.4) is 0 Å². The quantitative estimate of drug-likeness (QED) is 0.504. The molecular formula is C25H29N5O3. The van der Waals surface area contributed by atoms with Gasteiger partial charge in [-0.3, -0.25) is 14.5 Å². The Morgan fingerprint density at radius 2 is 1.97 bits per heavy atom. The first kappa shape index (κ1) is 22.6. The van der Waals surface area contributed by atoms with Crippen molar-refractivity contribution in [3.8, 4) is 11.8 Å². The van der Waals surface area contributed by atoms with E-state index < -0.39 is 5.54 Å². The lowest BCUT2D eigenvalue weighted by molar-refractivity contribution is -0.133. The summed E-state index contributed by atoms with van der Waals surface area (Å²) in [7, 11) is 0. The van der Waals surface area contributed by atoms with Crippen molar-refractivity contribution in [2.75, 3.05) is 19.6 Å². The summed E-state index contributed by atoms with van der Waals surface area (Å²) in [5.74, 6) is 5.27. The van der Waals surface area contributed by atoms with Crippen LogP contribution in [0.2, 0.25) is 0 Å². The van der Waals surface area contributed by atoms with Gasteiger partial charge >= 0.3 is 6.03 Å². The van der Waals surface area contributed by atoms with Crippen LogP contribution in [0, 0.1) is 17.8 Å². The number of amides is 4. The number of carbonyl (C=O) groups is 3. The predicted molar refractivity (Wildman–Crippen MR) is 123 cm³/mol. The zero-order valence-corrected chi connectivity index (χ0v) is 18.8. The van der Waals surface area contributed by atoms with Crippen molar-refractivity contribution in [3.63, 3.8) is 0 Å². The van der Waals surface area contributed by atoms with Crippen molar-refractivity contribution in [3.05, 3.63) is 54.1 Å². The molecule has 2 aliphatic rings. The molecule has 0 bridgehead atoms. The summed E-state index contributed by atoms with van der Waals surface area (Å²) in [6.45, 7) is 2.85. The second-order valence-corrected chi connectivity index (χ2v) is 8.59. The van der Waals surface area contributed by atoms with E-state index >= 15 is 0 Å². The molecule has 4 rings (SSSR count). The lowest BCUT2D eigenvalue weighted by Crippen LogP contribution is -2.56. The third-order valence-electron chi connectivity index (χ3n) is 6.70. The summed E-state index contributed by atoms with van der Waals surface area (Å²) in [5.41, 5.74) is 0.711. The standard InChI is InChI=1S/C25H29N5O3/c1-2-3-14-30-23(32)25(28-24(30)33,13-7-10-19-8-5-4-6-9-19)20-11-15-29(16-12-20)22(31)21-17-26-18-27-21/h4-6,8-9,17-18,20H,7,10-16H2,1H3,(H,26,27)(H,28,33)/t25-/m0/s1. The number of hydrogen-bond acceptors (Lipinski definition) is 4. The Labute approximate surface area is 193 Å². The molecule has 2 N–H and O–H groups in total. The highest BCUT2D eigenvalue weighted by Crippen LogP contribution is 2.37. The number of aromatic amines is 1. The molecule has 1 aromatic carbocycles. The van der Waals surface area contributed by atoms with E-state index in [-0.39, 0.29) is 30.3 Å². The van der Waals surface area contributed by atoms with Gasteiger partial charge in [0.2, 0.25) is 0 Å². The monoisotopic (exact) mass is 447 g/mol. The number of urea groups is 1. The van der Waals surface area contributed by atoms with Crippen LogP contribution >= 0.6 is 0 Å². The molecule has 2 aromatic rings. The van der Waals surface area contributed by atoms with Crippen LogP contribution in [-0.2, 0) is 11.2 Å². The van der Waals surface area contributed by atoms with Crippen LogP contribution in [0.4, 0.5) is 4.79 Å². The summed E-state index contributed by atoms with van der Waals surface area (Å²) < 4.78 is 0. The number of piperidine rings is 1. The van der Waals surface area contributed by atoms with E-state index in [9.17, 15) is 14.4 Å². The molecule has 0 spiro atoms. The number of hydrogen-bond donors (Lipinski definition) is 2. The van der Waals surface area contributed by atoms with Gasteiger partial charge in [0.25, 0.3) is 11.8 Å². The summed E-state index contributed by atoms with van der Waals surface area (Å²) in [6.07, 6.45) is 6.46. The van der Waals surface area contributed by atoms with Crippen LogP contribution in [0.25, 0.3) is 0 Å². The highest BCUT2D eigenvalue weighted by molar-refractivity contribution is 6.07. The van der Waals surface area contributed by atoms with E-state index in [4.69, 9.17) is 0 Å². The van der Waals surface area contributed by atoms with E-state index in [0.717, 1.165) is 12.8 Å². The minimum absolute atomic E-state index is 0.0462. The molecular weight excluding hydrogens is 418 g/mol. The van der Waals surface area contributed by atoms with Crippen LogP contribution < -0.4 is 5.32 Å². The van der Waals surface area contributed by atoms with Gasteiger partial charge in [0.1, 0.15) is 11.2 Å². The summed E-state index contributed by atoms with van der Waals surface area (Å²) in [4.78, 5) is 48.8. The Hall–Kier alpha value is -3.60. The molecule has 172 valence electrons. The highest BCUT2D eigenvalue weighted by atomic mass is 16.2. The molecule has 1 aromatic heterocycles. The van der Waals surface area contributed by atoms with Gasteiger partial charge in [-0.15, -0.1) is 5.92 Å². The van der Waals surface area contributed by atoms with Gasteiger partial charge in [-0.05, 0) is 50.5 Å². The lowest BCUT2D eigenvalue weighted by Gasteiger charge is -2.41. The normalized spacial score (nSPS) is 21.0. The number of aryl methyl sites for hydroxylation is 1. The maximum absolute atomic E-state index is 13.6. The van der Waals surface area contributed by atoms with E-state index in [1.165, 1.54) is 23.0 Å². The second-order valence-electron chi connectivity index (χ2n) is 8.59.